The van der Waals surface area contributed by atoms with Crippen LogP contribution in [0.25, 0.3) is 5.69 Å². The maximum atomic E-state index is 13.6. The van der Waals surface area contributed by atoms with Crippen molar-refractivity contribution in [2.45, 2.75) is 46.1 Å². The molecule has 0 bridgehead atoms. The van der Waals surface area contributed by atoms with Gasteiger partial charge in [-0.15, -0.1) is 0 Å². The number of esters is 1. The predicted octanol–water partition coefficient (Wildman–Crippen LogP) is 5.46. The van der Waals surface area contributed by atoms with Crippen LogP contribution in [0.15, 0.2) is 93.5 Å². The smallest absolute Gasteiger partial charge is 0.334 e. The molecule has 0 amide bonds. The molecule has 0 spiro atoms. The molecule has 0 unspecified atom stereocenters. The minimum atomic E-state index is -4.02. The zero-order valence-corrected chi connectivity index (χ0v) is 22.2. The van der Waals surface area contributed by atoms with Crippen molar-refractivity contribution in [2.24, 2.45) is 0 Å². The Hall–Kier alpha value is -3.96. The number of aromatic nitrogens is 2. The third-order valence-corrected chi connectivity index (χ3v) is 10.1. The highest BCUT2D eigenvalue weighted by Gasteiger charge is 2.63. The van der Waals surface area contributed by atoms with Crippen molar-refractivity contribution in [3.05, 3.63) is 100 Å². The molecule has 0 radical (unpaired) electrons. The number of ether oxygens (including phenoxy) is 1. The van der Waals surface area contributed by atoms with Crippen LogP contribution in [0.1, 0.15) is 24.1 Å². The zero-order valence-electron chi connectivity index (χ0n) is 20.5. The predicted molar refractivity (Wildman–Crippen MR) is 141 cm³/mol. The molecule has 5 rings (SSSR count). The Labute approximate surface area is 223 Å². The van der Waals surface area contributed by atoms with Gasteiger partial charge in [0.15, 0.2) is 14.6 Å². The number of nitro groups is 1. The first-order valence-electron chi connectivity index (χ1n) is 11.7. The normalized spacial score (nSPS) is 14.2. The number of carbonyl (C=O) groups is 1. The number of hydrogen-bond donors (Lipinski definition) is 0. The van der Waals surface area contributed by atoms with E-state index >= 15 is 0 Å². The topological polar surface area (TPSA) is 121 Å². The van der Waals surface area contributed by atoms with Crippen LogP contribution >= 0.6 is 11.8 Å². The molecule has 1 aliphatic carbocycles. The summed E-state index contributed by atoms with van der Waals surface area (Å²) in [5.41, 5.74) is 1.84. The number of sulfone groups is 1. The molecule has 194 valence electrons. The summed E-state index contributed by atoms with van der Waals surface area (Å²) in [6, 6.07) is 21.5. The van der Waals surface area contributed by atoms with Gasteiger partial charge in [-0.3, -0.25) is 10.1 Å². The lowest BCUT2D eigenvalue weighted by Crippen LogP contribution is -2.36. The largest absolute Gasteiger partial charge is 0.405 e. The van der Waals surface area contributed by atoms with E-state index in [2.05, 4.69) is 5.10 Å². The van der Waals surface area contributed by atoms with E-state index in [4.69, 9.17) is 4.74 Å². The van der Waals surface area contributed by atoms with Gasteiger partial charge in [0, 0.05) is 6.07 Å². The van der Waals surface area contributed by atoms with Crippen LogP contribution in [-0.4, -0.2) is 33.8 Å². The van der Waals surface area contributed by atoms with E-state index in [1.807, 2.05) is 13.0 Å². The summed E-state index contributed by atoms with van der Waals surface area (Å²) in [5.74, 6) is -0.896. The standard InChI is InChI=1S/C27H23N3O6S2/c1-18-12-14-21(15-13-18)38(34,35)27(16-17-27)26(31)36-25-24(37-23-11-7-6-10-22(23)30(32)33)19(2)28-29(25)20-8-4-3-5-9-20/h3-15H,16-17H2,1-2H3. The number of aryl methyl sites for hydroxylation is 2. The Morgan fingerprint density at radius 3 is 2.26 bits per heavy atom. The number of carbonyl (C=O) groups excluding carboxylic acids is 1. The molecule has 4 aromatic rings. The Morgan fingerprint density at radius 1 is 1.00 bits per heavy atom. The summed E-state index contributed by atoms with van der Waals surface area (Å²) in [6.45, 7) is 3.55. The fourth-order valence-corrected chi connectivity index (χ4v) is 6.93. The second kappa shape index (κ2) is 9.73. The number of para-hydroxylation sites is 2. The molecule has 3 aromatic carbocycles. The lowest BCUT2D eigenvalue weighted by molar-refractivity contribution is -0.387. The van der Waals surface area contributed by atoms with Crippen molar-refractivity contribution in [2.75, 3.05) is 0 Å². The average molecular weight is 550 g/mol. The molecule has 38 heavy (non-hydrogen) atoms. The minimum Gasteiger partial charge on any atom is -0.405 e. The summed E-state index contributed by atoms with van der Waals surface area (Å²) < 4.78 is 32.6. The van der Waals surface area contributed by atoms with Crippen LogP contribution in [0, 0.1) is 24.0 Å². The van der Waals surface area contributed by atoms with E-state index in [0.717, 1.165) is 17.3 Å². The van der Waals surface area contributed by atoms with E-state index in [0.29, 0.717) is 21.2 Å². The van der Waals surface area contributed by atoms with Gasteiger partial charge in [0.1, 0.15) is 0 Å². The summed E-state index contributed by atoms with van der Waals surface area (Å²) in [4.78, 5) is 25.5. The molecule has 1 saturated carbocycles. The van der Waals surface area contributed by atoms with Crippen molar-refractivity contribution in [1.82, 2.24) is 9.78 Å². The van der Waals surface area contributed by atoms with E-state index in [1.54, 1.807) is 61.5 Å². The second-order valence-corrected chi connectivity index (χ2v) is 12.3. The third kappa shape index (κ3) is 4.48. The molecule has 1 aromatic heterocycles. The lowest BCUT2D eigenvalue weighted by atomic mass is 10.2. The van der Waals surface area contributed by atoms with Crippen molar-refractivity contribution >= 4 is 33.3 Å². The van der Waals surface area contributed by atoms with E-state index in [-0.39, 0.29) is 29.3 Å². The van der Waals surface area contributed by atoms with Crippen LogP contribution < -0.4 is 4.74 Å². The van der Waals surface area contributed by atoms with Crippen LogP contribution in [-0.2, 0) is 14.6 Å². The Bertz CT molecular complexity index is 1640. The van der Waals surface area contributed by atoms with Gasteiger partial charge >= 0.3 is 5.97 Å². The van der Waals surface area contributed by atoms with Crippen molar-refractivity contribution < 1.29 is 22.9 Å². The van der Waals surface area contributed by atoms with Crippen LogP contribution in [0.3, 0.4) is 0 Å². The van der Waals surface area contributed by atoms with Gasteiger partial charge in [-0.25, -0.2) is 13.2 Å². The molecule has 11 heteroatoms. The molecule has 1 heterocycles. The number of rotatable bonds is 8. The zero-order chi connectivity index (χ0) is 27.1. The highest BCUT2D eigenvalue weighted by Crippen LogP contribution is 2.49. The van der Waals surface area contributed by atoms with Crippen molar-refractivity contribution in [3.8, 4) is 11.6 Å². The van der Waals surface area contributed by atoms with E-state index < -0.39 is 25.5 Å². The Morgan fingerprint density at radius 2 is 1.63 bits per heavy atom. The van der Waals surface area contributed by atoms with Crippen LogP contribution in [0.5, 0.6) is 5.88 Å². The molecule has 0 atom stereocenters. The lowest BCUT2D eigenvalue weighted by Gasteiger charge is -2.17. The van der Waals surface area contributed by atoms with Gasteiger partial charge < -0.3 is 4.74 Å². The molecular formula is C27H23N3O6S2. The van der Waals surface area contributed by atoms with Gasteiger partial charge in [-0.1, -0.05) is 59.8 Å². The molecular weight excluding hydrogens is 526 g/mol. The van der Waals surface area contributed by atoms with Crippen LogP contribution in [0.4, 0.5) is 5.69 Å². The monoisotopic (exact) mass is 549 g/mol. The average Bonchev–Trinajstić information content (AvgIpc) is 3.68. The number of hydrogen-bond acceptors (Lipinski definition) is 8. The Kier molecular flexibility index (Phi) is 6.58. The molecule has 1 aliphatic rings. The van der Waals surface area contributed by atoms with Crippen LogP contribution in [0.2, 0.25) is 0 Å². The van der Waals surface area contributed by atoms with E-state index in [9.17, 15) is 23.3 Å². The van der Waals surface area contributed by atoms with Crippen molar-refractivity contribution in [3.63, 3.8) is 0 Å². The summed E-state index contributed by atoms with van der Waals surface area (Å²) in [6.07, 6.45) is 0.264. The number of nitrogens with zero attached hydrogens (tertiary/aromatic N) is 3. The first-order valence-corrected chi connectivity index (χ1v) is 14.0. The summed E-state index contributed by atoms with van der Waals surface area (Å²) in [7, 11) is -4.02. The maximum absolute atomic E-state index is 13.6. The molecule has 0 N–H and O–H groups in total. The van der Waals surface area contributed by atoms with Gasteiger partial charge in [0.2, 0.25) is 5.88 Å². The van der Waals surface area contributed by atoms with Gasteiger partial charge in [-0.2, -0.15) is 9.78 Å². The second-order valence-electron chi connectivity index (χ2n) is 8.99. The fraction of sp³-hybridized carbons (Fsp3) is 0.185. The first-order chi connectivity index (χ1) is 18.1. The number of nitro benzene ring substituents is 1. The van der Waals surface area contributed by atoms with Crippen molar-refractivity contribution in [1.29, 1.82) is 0 Å². The van der Waals surface area contributed by atoms with Gasteiger partial charge in [0.25, 0.3) is 5.69 Å². The SMILES string of the molecule is Cc1ccc(S(=O)(=O)C2(C(=O)Oc3c(Sc4ccccc4[N+](=O)[O-])c(C)nn3-c3ccccc3)CC2)cc1. The highest BCUT2D eigenvalue weighted by molar-refractivity contribution is 7.99. The fourth-order valence-electron chi connectivity index (χ4n) is 4.07. The quantitative estimate of drug-likeness (QED) is 0.161. The first kappa shape index (κ1) is 25.7. The molecule has 1 fully saturated rings. The highest BCUT2D eigenvalue weighted by atomic mass is 32.2. The summed E-state index contributed by atoms with van der Waals surface area (Å²) in [5, 5.41) is 16.1. The minimum absolute atomic E-state index is 0.00670. The van der Waals surface area contributed by atoms with E-state index in [1.165, 1.54) is 22.9 Å². The third-order valence-electron chi connectivity index (χ3n) is 6.35. The Balaban J connectivity index is 1.57. The molecule has 9 nitrogen and oxygen atoms in total. The van der Waals surface area contributed by atoms with Gasteiger partial charge in [0.05, 0.1) is 31.0 Å². The molecule has 0 saturated heterocycles. The summed E-state index contributed by atoms with van der Waals surface area (Å²) >= 11 is 1.04. The van der Waals surface area contributed by atoms with Gasteiger partial charge in [-0.05, 0) is 57.0 Å². The maximum Gasteiger partial charge on any atom is 0.334 e. The number of benzene rings is 3. The molecule has 0 aliphatic heterocycles.